The third-order valence-electron chi connectivity index (χ3n) is 3.38. The summed E-state index contributed by atoms with van der Waals surface area (Å²) in [5.74, 6) is -0.880. The van der Waals surface area contributed by atoms with E-state index in [0.29, 0.717) is 12.3 Å². The van der Waals surface area contributed by atoms with Crippen molar-refractivity contribution in [2.75, 3.05) is 19.0 Å². The Labute approximate surface area is 136 Å². The number of methoxy groups -OCH3 is 1. The van der Waals surface area contributed by atoms with Crippen LogP contribution >= 0.6 is 0 Å². The fourth-order valence-electron chi connectivity index (χ4n) is 2.09. The average Bonchev–Trinajstić information content (AvgIpc) is 2.55. The van der Waals surface area contributed by atoms with Gasteiger partial charge in [0.25, 0.3) is 0 Å². The molecule has 0 aliphatic rings. The molecule has 1 amide bonds. The van der Waals surface area contributed by atoms with Crippen LogP contribution in [-0.2, 0) is 9.47 Å². The molecule has 0 radical (unpaired) electrons. The van der Waals surface area contributed by atoms with Crippen LogP contribution < -0.4 is 5.32 Å². The van der Waals surface area contributed by atoms with Gasteiger partial charge < -0.3 is 14.6 Å². The second-order valence-electron chi connectivity index (χ2n) is 5.25. The molecule has 0 bridgehead atoms. The van der Waals surface area contributed by atoms with Gasteiger partial charge in [-0.1, -0.05) is 39.0 Å². The van der Waals surface area contributed by atoms with Crippen molar-refractivity contribution < 1.29 is 24.2 Å². The lowest BCUT2D eigenvalue weighted by Crippen LogP contribution is -2.15. The fraction of sp³-hybridized carbons (Fsp3) is 0.529. The Balaban J connectivity index is 2.35. The van der Waals surface area contributed by atoms with Gasteiger partial charge in [0.05, 0.1) is 13.7 Å². The van der Waals surface area contributed by atoms with E-state index in [1.807, 2.05) is 0 Å². The summed E-state index contributed by atoms with van der Waals surface area (Å²) in [6.07, 6.45) is 6.11. The summed E-state index contributed by atoms with van der Waals surface area (Å²) in [4.78, 5) is 23.1. The number of amides is 1. The summed E-state index contributed by atoms with van der Waals surface area (Å²) in [5, 5.41) is 12.1. The number of phenolic OH excluding ortho intramolecular Hbond substituents is 1. The summed E-state index contributed by atoms with van der Waals surface area (Å²) >= 11 is 0. The molecular weight excluding hydrogens is 298 g/mol. The van der Waals surface area contributed by atoms with Crippen molar-refractivity contribution in [2.45, 2.75) is 45.4 Å². The Kier molecular flexibility index (Phi) is 8.57. The fourth-order valence-corrected chi connectivity index (χ4v) is 2.09. The molecule has 1 aromatic rings. The van der Waals surface area contributed by atoms with Gasteiger partial charge in [0.15, 0.2) is 0 Å². The molecule has 0 saturated heterocycles. The lowest BCUT2D eigenvalue weighted by Gasteiger charge is -2.09. The van der Waals surface area contributed by atoms with Crippen molar-refractivity contribution in [3.8, 4) is 5.75 Å². The van der Waals surface area contributed by atoms with E-state index in [1.165, 1.54) is 44.6 Å². The molecular formula is C17H25NO5. The molecule has 0 atom stereocenters. The summed E-state index contributed by atoms with van der Waals surface area (Å²) in [5.41, 5.74) is 0.345. The number of esters is 1. The SMILES string of the molecule is CCCCCCCCOC(=O)Nc1ccc(O)c(C(=O)OC)c1. The van der Waals surface area contributed by atoms with Gasteiger partial charge in [0.2, 0.25) is 0 Å². The maximum Gasteiger partial charge on any atom is 0.411 e. The van der Waals surface area contributed by atoms with E-state index in [-0.39, 0.29) is 11.3 Å². The van der Waals surface area contributed by atoms with Gasteiger partial charge >= 0.3 is 12.1 Å². The molecule has 0 spiro atoms. The zero-order chi connectivity index (χ0) is 17.1. The first-order valence-electron chi connectivity index (χ1n) is 7.93. The van der Waals surface area contributed by atoms with Gasteiger partial charge in [-0.05, 0) is 24.6 Å². The minimum atomic E-state index is -0.674. The maximum absolute atomic E-state index is 11.7. The highest BCUT2D eigenvalue weighted by Gasteiger charge is 2.13. The summed E-state index contributed by atoms with van der Waals surface area (Å²) in [7, 11) is 1.22. The van der Waals surface area contributed by atoms with E-state index in [2.05, 4.69) is 17.0 Å². The highest BCUT2D eigenvalue weighted by molar-refractivity contribution is 5.95. The number of hydrogen-bond donors (Lipinski definition) is 2. The van der Waals surface area contributed by atoms with Gasteiger partial charge in [-0.3, -0.25) is 5.32 Å². The second-order valence-corrected chi connectivity index (χ2v) is 5.25. The first-order chi connectivity index (χ1) is 11.1. The van der Waals surface area contributed by atoms with E-state index in [0.717, 1.165) is 19.3 Å². The molecule has 6 heteroatoms. The predicted octanol–water partition coefficient (Wildman–Crippen LogP) is 4.09. The van der Waals surface area contributed by atoms with Crippen LogP contribution in [0.15, 0.2) is 18.2 Å². The van der Waals surface area contributed by atoms with Crippen molar-refractivity contribution in [1.29, 1.82) is 0 Å². The molecule has 0 aliphatic carbocycles. The maximum atomic E-state index is 11.7. The summed E-state index contributed by atoms with van der Waals surface area (Å²) < 4.78 is 9.63. The molecule has 0 aliphatic heterocycles. The lowest BCUT2D eigenvalue weighted by molar-refractivity contribution is 0.0597. The van der Waals surface area contributed by atoms with E-state index in [4.69, 9.17) is 4.74 Å². The molecule has 1 rings (SSSR count). The monoisotopic (exact) mass is 323 g/mol. The Morgan fingerprint density at radius 3 is 2.52 bits per heavy atom. The number of phenols is 1. The van der Waals surface area contributed by atoms with Gasteiger partial charge in [0, 0.05) is 5.69 Å². The molecule has 1 aromatic carbocycles. The topological polar surface area (TPSA) is 84.9 Å². The van der Waals surface area contributed by atoms with Crippen LogP contribution in [0.25, 0.3) is 0 Å². The van der Waals surface area contributed by atoms with Crippen LogP contribution in [0, 0.1) is 0 Å². The van der Waals surface area contributed by atoms with E-state index >= 15 is 0 Å². The Bertz CT molecular complexity index is 516. The van der Waals surface area contributed by atoms with Crippen LogP contribution in [0.1, 0.15) is 55.8 Å². The van der Waals surface area contributed by atoms with Gasteiger partial charge in [-0.15, -0.1) is 0 Å². The van der Waals surface area contributed by atoms with Crippen molar-refractivity contribution >= 4 is 17.7 Å². The summed E-state index contributed by atoms with van der Waals surface area (Å²) in [6, 6.07) is 4.14. The highest BCUT2D eigenvalue weighted by Crippen LogP contribution is 2.22. The largest absolute Gasteiger partial charge is 0.507 e. The molecule has 128 valence electrons. The molecule has 0 fully saturated rings. The number of benzene rings is 1. The van der Waals surface area contributed by atoms with Gasteiger partial charge in [-0.2, -0.15) is 0 Å². The zero-order valence-electron chi connectivity index (χ0n) is 13.8. The Morgan fingerprint density at radius 1 is 1.13 bits per heavy atom. The van der Waals surface area contributed by atoms with E-state index in [1.54, 1.807) is 0 Å². The molecule has 0 saturated carbocycles. The van der Waals surface area contributed by atoms with Crippen LogP contribution in [-0.4, -0.2) is 30.9 Å². The molecule has 0 heterocycles. The Hall–Kier alpha value is -2.24. The molecule has 2 N–H and O–H groups in total. The number of carbonyl (C=O) groups excluding carboxylic acids is 2. The van der Waals surface area contributed by atoms with Crippen molar-refractivity contribution in [2.24, 2.45) is 0 Å². The molecule has 23 heavy (non-hydrogen) atoms. The lowest BCUT2D eigenvalue weighted by atomic mass is 10.1. The smallest absolute Gasteiger partial charge is 0.411 e. The molecule has 0 aromatic heterocycles. The minimum absolute atomic E-state index is 0.0128. The van der Waals surface area contributed by atoms with Crippen molar-refractivity contribution in [3.05, 3.63) is 23.8 Å². The molecule has 0 unspecified atom stereocenters. The normalized spacial score (nSPS) is 10.2. The van der Waals surface area contributed by atoms with Crippen LogP contribution in [0.5, 0.6) is 5.75 Å². The number of nitrogens with one attached hydrogen (secondary N) is 1. The minimum Gasteiger partial charge on any atom is -0.507 e. The molecule has 6 nitrogen and oxygen atoms in total. The van der Waals surface area contributed by atoms with Gasteiger partial charge in [-0.25, -0.2) is 9.59 Å². The standard InChI is InChI=1S/C17H25NO5/c1-3-4-5-6-7-8-11-23-17(21)18-13-9-10-15(19)14(12-13)16(20)22-2/h9-10,12,19H,3-8,11H2,1-2H3,(H,18,21). The quantitative estimate of drug-likeness (QED) is 0.406. The number of carbonyl (C=O) groups is 2. The van der Waals surface area contributed by atoms with Crippen molar-refractivity contribution in [3.63, 3.8) is 0 Å². The van der Waals surface area contributed by atoms with Crippen LogP contribution in [0.2, 0.25) is 0 Å². The van der Waals surface area contributed by atoms with E-state index < -0.39 is 12.1 Å². The predicted molar refractivity (Wildman–Crippen MR) is 87.8 cm³/mol. The van der Waals surface area contributed by atoms with Crippen LogP contribution in [0.3, 0.4) is 0 Å². The van der Waals surface area contributed by atoms with Crippen LogP contribution in [0.4, 0.5) is 10.5 Å². The number of hydrogen-bond acceptors (Lipinski definition) is 5. The number of unbranched alkanes of at least 4 members (excludes halogenated alkanes) is 5. The second kappa shape index (κ2) is 10.5. The summed E-state index contributed by atoms with van der Waals surface area (Å²) in [6.45, 7) is 2.53. The highest BCUT2D eigenvalue weighted by atomic mass is 16.5. The van der Waals surface area contributed by atoms with Gasteiger partial charge in [0.1, 0.15) is 11.3 Å². The zero-order valence-corrected chi connectivity index (χ0v) is 13.8. The average molecular weight is 323 g/mol. The third-order valence-corrected chi connectivity index (χ3v) is 3.38. The number of ether oxygens (including phenoxy) is 2. The number of aromatic hydroxyl groups is 1. The van der Waals surface area contributed by atoms with Crippen molar-refractivity contribution in [1.82, 2.24) is 0 Å². The first-order valence-corrected chi connectivity index (χ1v) is 7.93. The third kappa shape index (κ3) is 7.04. The Morgan fingerprint density at radius 2 is 1.83 bits per heavy atom. The number of rotatable bonds is 9. The first kappa shape index (κ1) is 18.8. The van der Waals surface area contributed by atoms with E-state index in [9.17, 15) is 14.7 Å². The number of anilines is 1.